The Morgan fingerprint density at radius 3 is 2.87 bits per heavy atom. The van der Waals surface area contributed by atoms with Crippen LogP contribution in [0.1, 0.15) is 30.5 Å². The number of hydrogen-bond donors (Lipinski definition) is 2. The minimum absolute atomic E-state index is 0.142. The van der Waals surface area contributed by atoms with Gasteiger partial charge in [0.05, 0.1) is 0 Å². The molecule has 1 heterocycles. The molecule has 0 aliphatic heterocycles. The van der Waals surface area contributed by atoms with Gasteiger partial charge in [-0.1, -0.05) is 36.1 Å². The molecule has 0 fully saturated rings. The highest BCUT2D eigenvalue weighted by molar-refractivity contribution is 7.97. The van der Waals surface area contributed by atoms with E-state index in [-0.39, 0.29) is 17.3 Å². The zero-order valence-corrected chi connectivity index (χ0v) is 13.7. The fourth-order valence-electron chi connectivity index (χ4n) is 2.18. The molecular weight excluding hydrogens is 310 g/mol. The highest BCUT2D eigenvalue weighted by atomic mass is 32.2. The molecule has 0 saturated carbocycles. The molecule has 1 aromatic heterocycles. The van der Waals surface area contributed by atoms with Crippen molar-refractivity contribution in [1.29, 1.82) is 0 Å². The maximum absolute atomic E-state index is 11.5. The molecule has 120 valence electrons. The van der Waals surface area contributed by atoms with Crippen LogP contribution >= 0.6 is 11.9 Å². The lowest BCUT2D eigenvalue weighted by Gasteiger charge is -2.15. The summed E-state index contributed by atoms with van der Waals surface area (Å²) in [4.78, 5) is 24.8. The molecule has 0 spiro atoms. The first kappa shape index (κ1) is 17.1. The number of nitrogens with one attached hydrogen (secondary N) is 2. The van der Waals surface area contributed by atoms with Gasteiger partial charge in [-0.15, -0.1) is 6.42 Å². The molecule has 0 aliphatic carbocycles. The third-order valence-electron chi connectivity index (χ3n) is 3.39. The van der Waals surface area contributed by atoms with Crippen molar-refractivity contribution in [3.63, 3.8) is 0 Å². The second-order valence-electron chi connectivity index (χ2n) is 5.08. The van der Waals surface area contributed by atoms with Crippen molar-refractivity contribution in [2.24, 2.45) is 0 Å². The first-order valence-electron chi connectivity index (χ1n) is 7.34. The van der Waals surface area contributed by atoms with Gasteiger partial charge in [0, 0.05) is 36.2 Å². The van der Waals surface area contributed by atoms with E-state index in [9.17, 15) is 9.59 Å². The molecule has 23 heavy (non-hydrogen) atoms. The normalized spacial score (nSPS) is 11.8. The predicted molar refractivity (Wildman–Crippen MR) is 94.3 cm³/mol. The second-order valence-corrected chi connectivity index (χ2v) is 6.01. The van der Waals surface area contributed by atoms with Crippen molar-refractivity contribution in [3.8, 4) is 12.3 Å². The summed E-state index contributed by atoms with van der Waals surface area (Å²) in [5.41, 5.74) is 1.25. The summed E-state index contributed by atoms with van der Waals surface area (Å²) in [6.45, 7) is 2.63. The van der Waals surface area contributed by atoms with E-state index < -0.39 is 0 Å². The number of aromatic amines is 1. The van der Waals surface area contributed by atoms with Crippen LogP contribution in [-0.2, 0) is 6.54 Å². The zero-order valence-electron chi connectivity index (χ0n) is 12.9. The molecule has 0 saturated heterocycles. The summed E-state index contributed by atoms with van der Waals surface area (Å²) < 4.78 is 4.86. The smallest absolute Gasteiger partial charge is 0.301 e. The largest absolute Gasteiger partial charge is 0.328 e. The van der Waals surface area contributed by atoms with Gasteiger partial charge < -0.3 is 4.57 Å². The van der Waals surface area contributed by atoms with Crippen LogP contribution in [-0.4, -0.2) is 15.3 Å². The number of H-pyrrole nitrogens is 1. The maximum Gasteiger partial charge on any atom is 0.328 e. The number of nitrogens with zero attached hydrogens (tertiary/aromatic N) is 1. The first-order valence-corrected chi connectivity index (χ1v) is 8.33. The molecule has 0 bridgehead atoms. The number of aryl methyl sites for hydroxylation is 1. The Bertz CT molecular complexity index is 804. The maximum atomic E-state index is 11.5. The molecule has 1 aromatic carbocycles. The average molecular weight is 329 g/mol. The van der Waals surface area contributed by atoms with Gasteiger partial charge in [0.15, 0.2) is 0 Å². The van der Waals surface area contributed by atoms with Crippen LogP contribution in [0.5, 0.6) is 0 Å². The van der Waals surface area contributed by atoms with E-state index in [4.69, 9.17) is 6.42 Å². The SMILES string of the molecule is C#Cc1ccccc1C(C)NSCCCn1ccc(=O)[nH]c1=O. The number of rotatable bonds is 7. The fourth-order valence-corrected chi connectivity index (χ4v) is 2.95. The minimum Gasteiger partial charge on any atom is -0.301 e. The second kappa shape index (κ2) is 8.42. The van der Waals surface area contributed by atoms with Gasteiger partial charge in [-0.3, -0.25) is 14.5 Å². The lowest BCUT2D eigenvalue weighted by molar-refractivity contribution is 0.634. The Morgan fingerprint density at radius 2 is 2.13 bits per heavy atom. The molecule has 2 N–H and O–H groups in total. The number of aromatic nitrogens is 2. The summed E-state index contributed by atoms with van der Waals surface area (Å²) in [5.74, 6) is 3.54. The van der Waals surface area contributed by atoms with Crippen LogP contribution in [0, 0.1) is 12.3 Å². The van der Waals surface area contributed by atoms with Gasteiger partial charge in [0.1, 0.15) is 0 Å². The van der Waals surface area contributed by atoms with Crippen molar-refractivity contribution < 1.29 is 0 Å². The van der Waals surface area contributed by atoms with E-state index in [0.29, 0.717) is 6.54 Å². The standard InChI is InChI=1S/C17H19N3O2S/c1-3-14-7-4-5-8-15(14)13(2)19-23-12-6-10-20-11-9-16(21)18-17(20)22/h1,4-5,7-9,11,13,19H,6,10,12H2,2H3,(H,18,21,22). The van der Waals surface area contributed by atoms with E-state index in [1.54, 1.807) is 11.9 Å². The molecular formula is C17H19N3O2S. The van der Waals surface area contributed by atoms with Gasteiger partial charge in [0.25, 0.3) is 5.56 Å². The summed E-state index contributed by atoms with van der Waals surface area (Å²) in [5, 5.41) is 0. The summed E-state index contributed by atoms with van der Waals surface area (Å²) in [6, 6.07) is 9.35. The predicted octanol–water partition coefficient (Wildman–Crippen LogP) is 1.91. The van der Waals surface area contributed by atoms with Crippen molar-refractivity contribution in [2.75, 3.05) is 5.75 Å². The summed E-state index contributed by atoms with van der Waals surface area (Å²) in [7, 11) is 0. The Kier molecular flexibility index (Phi) is 6.27. The summed E-state index contributed by atoms with van der Waals surface area (Å²) >= 11 is 1.60. The third-order valence-corrected chi connectivity index (χ3v) is 4.40. The van der Waals surface area contributed by atoms with Crippen molar-refractivity contribution in [3.05, 3.63) is 68.5 Å². The molecule has 5 nitrogen and oxygen atoms in total. The van der Waals surface area contributed by atoms with Gasteiger partial charge in [0.2, 0.25) is 0 Å². The monoisotopic (exact) mass is 329 g/mol. The third kappa shape index (κ3) is 4.88. The molecule has 6 heteroatoms. The highest BCUT2D eigenvalue weighted by Crippen LogP contribution is 2.19. The van der Waals surface area contributed by atoms with Crippen molar-refractivity contribution in [1.82, 2.24) is 14.3 Å². The van der Waals surface area contributed by atoms with Crippen molar-refractivity contribution in [2.45, 2.75) is 25.9 Å². The van der Waals surface area contributed by atoms with Crippen LogP contribution in [0.25, 0.3) is 0 Å². The van der Waals surface area contributed by atoms with Gasteiger partial charge >= 0.3 is 5.69 Å². The van der Waals surface area contributed by atoms with E-state index in [1.165, 1.54) is 16.8 Å². The lowest BCUT2D eigenvalue weighted by atomic mass is 10.0. The Labute approximate surface area is 139 Å². The molecule has 1 atom stereocenters. The first-order chi connectivity index (χ1) is 11.1. The lowest BCUT2D eigenvalue weighted by Crippen LogP contribution is -2.28. The van der Waals surface area contributed by atoms with Crippen LogP contribution in [0.4, 0.5) is 0 Å². The topological polar surface area (TPSA) is 66.9 Å². The zero-order chi connectivity index (χ0) is 16.7. The van der Waals surface area contributed by atoms with Crippen molar-refractivity contribution >= 4 is 11.9 Å². The van der Waals surface area contributed by atoms with E-state index in [2.05, 4.69) is 22.6 Å². The van der Waals surface area contributed by atoms with Gasteiger partial charge in [-0.25, -0.2) is 4.79 Å². The number of terminal acetylenes is 1. The summed E-state index contributed by atoms with van der Waals surface area (Å²) in [6.07, 6.45) is 7.84. The van der Waals surface area contributed by atoms with E-state index >= 15 is 0 Å². The number of benzene rings is 1. The minimum atomic E-state index is -0.372. The van der Waals surface area contributed by atoms with Crippen LogP contribution in [0.15, 0.2) is 46.1 Å². The molecule has 0 aliphatic rings. The average Bonchev–Trinajstić information content (AvgIpc) is 2.56. The quantitative estimate of drug-likeness (QED) is 0.463. The molecule has 2 rings (SSSR count). The van der Waals surface area contributed by atoms with E-state index in [1.807, 2.05) is 24.3 Å². The Morgan fingerprint density at radius 1 is 1.35 bits per heavy atom. The number of hydrogen-bond acceptors (Lipinski definition) is 4. The molecule has 1 unspecified atom stereocenters. The fraction of sp³-hybridized carbons (Fsp3) is 0.294. The Hall–Kier alpha value is -2.23. The Balaban J connectivity index is 1.78. The molecule has 0 amide bonds. The van der Waals surface area contributed by atoms with E-state index in [0.717, 1.165) is 23.3 Å². The van der Waals surface area contributed by atoms with Gasteiger partial charge in [-0.2, -0.15) is 0 Å². The molecule has 0 radical (unpaired) electrons. The highest BCUT2D eigenvalue weighted by Gasteiger charge is 2.08. The van der Waals surface area contributed by atoms with Gasteiger partial charge in [-0.05, 0) is 25.0 Å². The van der Waals surface area contributed by atoms with Crippen LogP contribution < -0.4 is 16.0 Å². The molecule has 2 aromatic rings. The van der Waals surface area contributed by atoms with Crippen LogP contribution in [0.2, 0.25) is 0 Å². The van der Waals surface area contributed by atoms with Crippen LogP contribution in [0.3, 0.4) is 0 Å².